The summed E-state index contributed by atoms with van der Waals surface area (Å²) in [6.07, 6.45) is 3.68. The van der Waals surface area contributed by atoms with E-state index in [1.807, 2.05) is 0 Å². The van der Waals surface area contributed by atoms with Crippen molar-refractivity contribution in [2.75, 3.05) is 19.6 Å². The van der Waals surface area contributed by atoms with Crippen LogP contribution in [0.5, 0.6) is 5.75 Å². The van der Waals surface area contributed by atoms with Gasteiger partial charge in [-0.25, -0.2) is 4.98 Å². The summed E-state index contributed by atoms with van der Waals surface area (Å²) < 4.78 is 0. The Hall–Kier alpha value is -1.62. The van der Waals surface area contributed by atoms with Crippen molar-refractivity contribution in [1.29, 1.82) is 0 Å². The number of rotatable bonds is 4. The monoisotopic (exact) mass is 277 g/mol. The lowest BCUT2D eigenvalue weighted by atomic mass is 9.97. The van der Waals surface area contributed by atoms with Crippen LogP contribution in [-0.4, -0.2) is 46.6 Å². The van der Waals surface area contributed by atoms with Gasteiger partial charge in [-0.2, -0.15) is 0 Å². The molecular formula is C15H23N3O2. The third-order valence-corrected chi connectivity index (χ3v) is 3.61. The minimum Gasteiger partial charge on any atom is -0.505 e. The van der Waals surface area contributed by atoms with Gasteiger partial charge in [-0.1, -0.05) is 13.8 Å². The lowest BCUT2D eigenvalue weighted by Crippen LogP contribution is -2.44. The predicted molar refractivity (Wildman–Crippen MR) is 77.7 cm³/mol. The van der Waals surface area contributed by atoms with Gasteiger partial charge in [0, 0.05) is 25.3 Å². The van der Waals surface area contributed by atoms with E-state index in [1.54, 1.807) is 11.0 Å². The third-order valence-electron chi connectivity index (χ3n) is 3.61. The molecule has 2 heterocycles. The largest absolute Gasteiger partial charge is 0.505 e. The summed E-state index contributed by atoms with van der Waals surface area (Å²) in [6.45, 7) is 6.65. The molecular weight excluding hydrogens is 254 g/mol. The zero-order valence-corrected chi connectivity index (χ0v) is 12.2. The number of aromatic hydroxyl groups is 1. The topological polar surface area (TPSA) is 65.5 Å². The molecule has 1 amide bonds. The molecule has 2 N–H and O–H groups in total. The molecule has 5 heteroatoms. The van der Waals surface area contributed by atoms with Gasteiger partial charge in [0.2, 0.25) is 0 Å². The molecule has 1 aliphatic rings. The normalized spacial score (nSPS) is 19.4. The second kappa shape index (κ2) is 6.70. The number of carbonyl (C=O) groups excluding carboxylic acids is 1. The van der Waals surface area contributed by atoms with E-state index in [1.165, 1.54) is 12.3 Å². The van der Waals surface area contributed by atoms with Gasteiger partial charge in [-0.3, -0.25) is 4.79 Å². The zero-order chi connectivity index (χ0) is 14.5. The van der Waals surface area contributed by atoms with Crippen molar-refractivity contribution in [3.05, 3.63) is 24.0 Å². The van der Waals surface area contributed by atoms with Crippen molar-refractivity contribution in [2.24, 2.45) is 5.92 Å². The van der Waals surface area contributed by atoms with E-state index in [4.69, 9.17) is 0 Å². The molecule has 1 aliphatic heterocycles. The fourth-order valence-corrected chi connectivity index (χ4v) is 2.53. The molecule has 1 aromatic heterocycles. The molecule has 0 spiro atoms. The molecule has 0 bridgehead atoms. The van der Waals surface area contributed by atoms with Gasteiger partial charge in [-0.15, -0.1) is 0 Å². The van der Waals surface area contributed by atoms with Crippen LogP contribution in [0.15, 0.2) is 18.3 Å². The van der Waals surface area contributed by atoms with Gasteiger partial charge in [0.25, 0.3) is 5.91 Å². The molecule has 1 unspecified atom stereocenters. The highest BCUT2D eigenvalue weighted by molar-refractivity contribution is 5.94. The molecule has 20 heavy (non-hydrogen) atoms. The third kappa shape index (κ3) is 3.70. The molecule has 0 aliphatic carbocycles. The van der Waals surface area contributed by atoms with Crippen LogP contribution in [0.25, 0.3) is 0 Å². The first-order valence-electron chi connectivity index (χ1n) is 7.24. The summed E-state index contributed by atoms with van der Waals surface area (Å²) in [6, 6.07) is 3.58. The Labute approximate surface area is 120 Å². The molecule has 0 saturated carbocycles. The second-order valence-electron chi connectivity index (χ2n) is 5.69. The van der Waals surface area contributed by atoms with E-state index in [-0.39, 0.29) is 17.4 Å². The number of aromatic nitrogens is 1. The number of likely N-dealkylation sites (tertiary alicyclic amines) is 1. The fraction of sp³-hybridized carbons (Fsp3) is 0.600. The van der Waals surface area contributed by atoms with Crippen LogP contribution in [0, 0.1) is 5.92 Å². The van der Waals surface area contributed by atoms with Crippen LogP contribution in [0.2, 0.25) is 0 Å². The number of carbonyl (C=O) groups is 1. The second-order valence-corrected chi connectivity index (χ2v) is 5.69. The molecule has 1 atom stereocenters. The van der Waals surface area contributed by atoms with Crippen molar-refractivity contribution >= 4 is 5.91 Å². The summed E-state index contributed by atoms with van der Waals surface area (Å²) in [5.41, 5.74) is 0.157. The summed E-state index contributed by atoms with van der Waals surface area (Å²) in [7, 11) is 0. The highest BCUT2D eigenvalue weighted by Gasteiger charge is 2.26. The number of amides is 1. The Balaban J connectivity index is 1.98. The number of hydrogen-bond acceptors (Lipinski definition) is 4. The SMILES string of the molecule is CC(C)NCC1CCCN(C(=O)c2ncccc2O)C1. The number of pyridine rings is 1. The average Bonchev–Trinajstić information content (AvgIpc) is 2.45. The molecule has 5 nitrogen and oxygen atoms in total. The van der Waals surface area contributed by atoms with Gasteiger partial charge >= 0.3 is 0 Å². The Morgan fingerprint density at radius 2 is 2.40 bits per heavy atom. The van der Waals surface area contributed by atoms with Gasteiger partial charge in [-0.05, 0) is 37.4 Å². The van der Waals surface area contributed by atoms with Crippen molar-refractivity contribution in [3.8, 4) is 5.75 Å². The number of piperidine rings is 1. The molecule has 2 rings (SSSR count). The maximum absolute atomic E-state index is 12.4. The minimum atomic E-state index is -0.169. The maximum Gasteiger partial charge on any atom is 0.276 e. The van der Waals surface area contributed by atoms with E-state index in [2.05, 4.69) is 24.1 Å². The molecule has 0 aromatic carbocycles. The number of nitrogens with one attached hydrogen (secondary N) is 1. The predicted octanol–water partition coefficient (Wildman–Crippen LogP) is 1.64. The van der Waals surface area contributed by atoms with E-state index >= 15 is 0 Å². The number of nitrogens with zero attached hydrogens (tertiary/aromatic N) is 2. The first-order valence-corrected chi connectivity index (χ1v) is 7.24. The standard InChI is InChI=1S/C15H23N3O2/c1-11(2)17-9-12-5-4-8-18(10-12)15(20)14-13(19)6-3-7-16-14/h3,6-7,11-12,17,19H,4-5,8-10H2,1-2H3. The van der Waals surface area contributed by atoms with Crippen LogP contribution >= 0.6 is 0 Å². The maximum atomic E-state index is 12.4. The average molecular weight is 277 g/mol. The lowest BCUT2D eigenvalue weighted by molar-refractivity contribution is 0.0663. The fourth-order valence-electron chi connectivity index (χ4n) is 2.53. The van der Waals surface area contributed by atoms with Crippen LogP contribution in [0.4, 0.5) is 0 Å². The summed E-state index contributed by atoms with van der Waals surface area (Å²) in [5, 5.41) is 13.2. The highest BCUT2D eigenvalue weighted by atomic mass is 16.3. The Kier molecular flexibility index (Phi) is 4.95. The van der Waals surface area contributed by atoms with Gasteiger partial charge in [0.1, 0.15) is 5.75 Å². The first-order chi connectivity index (χ1) is 9.58. The summed E-state index contributed by atoms with van der Waals surface area (Å²) in [5.74, 6) is 0.262. The minimum absolute atomic E-state index is 0.0417. The first kappa shape index (κ1) is 14.8. The van der Waals surface area contributed by atoms with E-state index in [0.29, 0.717) is 12.0 Å². The van der Waals surface area contributed by atoms with Crippen LogP contribution < -0.4 is 5.32 Å². The summed E-state index contributed by atoms with van der Waals surface area (Å²) >= 11 is 0. The molecule has 110 valence electrons. The number of hydrogen-bond donors (Lipinski definition) is 2. The molecule has 1 fully saturated rings. The van der Waals surface area contributed by atoms with Crippen molar-refractivity contribution in [2.45, 2.75) is 32.7 Å². The highest BCUT2D eigenvalue weighted by Crippen LogP contribution is 2.21. The van der Waals surface area contributed by atoms with Gasteiger partial charge in [0.15, 0.2) is 5.69 Å². The van der Waals surface area contributed by atoms with E-state index in [9.17, 15) is 9.90 Å². The molecule has 0 radical (unpaired) electrons. The quantitative estimate of drug-likeness (QED) is 0.878. The van der Waals surface area contributed by atoms with Gasteiger partial charge < -0.3 is 15.3 Å². The Morgan fingerprint density at radius 1 is 1.60 bits per heavy atom. The van der Waals surface area contributed by atoms with Crippen LogP contribution in [0.1, 0.15) is 37.2 Å². The van der Waals surface area contributed by atoms with Crippen molar-refractivity contribution < 1.29 is 9.90 Å². The van der Waals surface area contributed by atoms with Crippen LogP contribution in [-0.2, 0) is 0 Å². The molecule has 1 saturated heterocycles. The Morgan fingerprint density at radius 3 is 3.10 bits per heavy atom. The van der Waals surface area contributed by atoms with Crippen molar-refractivity contribution in [1.82, 2.24) is 15.2 Å². The van der Waals surface area contributed by atoms with E-state index < -0.39 is 0 Å². The van der Waals surface area contributed by atoms with Gasteiger partial charge in [0.05, 0.1) is 0 Å². The van der Waals surface area contributed by atoms with Crippen LogP contribution in [0.3, 0.4) is 0 Å². The Bertz CT molecular complexity index is 462. The smallest absolute Gasteiger partial charge is 0.276 e. The van der Waals surface area contributed by atoms with E-state index in [0.717, 1.165) is 32.5 Å². The summed E-state index contributed by atoms with van der Waals surface area (Å²) in [4.78, 5) is 18.2. The zero-order valence-electron chi connectivity index (χ0n) is 12.2. The lowest BCUT2D eigenvalue weighted by Gasteiger charge is -2.33. The van der Waals surface area contributed by atoms with Crippen molar-refractivity contribution in [3.63, 3.8) is 0 Å². The molecule has 1 aromatic rings.